The zero-order valence-corrected chi connectivity index (χ0v) is 15.5. The van der Waals surface area contributed by atoms with Crippen LogP contribution in [0.2, 0.25) is 0 Å². The van der Waals surface area contributed by atoms with Gasteiger partial charge in [-0.1, -0.05) is 26.0 Å². The summed E-state index contributed by atoms with van der Waals surface area (Å²) in [6.45, 7) is 9.30. The maximum absolute atomic E-state index is 12.5. The summed E-state index contributed by atoms with van der Waals surface area (Å²) < 4.78 is 17.0. The first-order chi connectivity index (χ1) is 12.0. The van der Waals surface area contributed by atoms with Gasteiger partial charge in [0.2, 0.25) is 0 Å². The van der Waals surface area contributed by atoms with E-state index in [1.54, 1.807) is 0 Å². The summed E-state index contributed by atoms with van der Waals surface area (Å²) in [4.78, 5) is 14.4. The Labute approximate surface area is 150 Å². The molecule has 25 heavy (non-hydrogen) atoms. The summed E-state index contributed by atoms with van der Waals surface area (Å²) in [5, 5.41) is 0. The monoisotopic (exact) mass is 347 g/mol. The molecule has 0 spiro atoms. The Morgan fingerprint density at radius 1 is 1.24 bits per heavy atom. The number of piperidine rings is 1. The molecule has 0 unspecified atom stereocenters. The summed E-state index contributed by atoms with van der Waals surface area (Å²) in [6.07, 6.45) is 1.78. The predicted octanol–water partition coefficient (Wildman–Crippen LogP) is 3.11. The lowest BCUT2D eigenvalue weighted by Crippen LogP contribution is -2.43. The van der Waals surface area contributed by atoms with Crippen LogP contribution in [-0.4, -0.2) is 50.0 Å². The Kier molecular flexibility index (Phi) is 5.97. The Balaban J connectivity index is 1.49. The molecule has 0 radical (unpaired) electrons. The highest BCUT2D eigenvalue weighted by Crippen LogP contribution is 2.27. The van der Waals surface area contributed by atoms with Crippen LogP contribution in [0.15, 0.2) is 18.2 Å². The Morgan fingerprint density at radius 3 is 2.56 bits per heavy atom. The number of nitrogens with zero attached hydrogens (tertiary/aromatic N) is 1. The molecular formula is C20H29NO4. The SMILES string of the molecule is Cc1ccc(C(C)C)cc1OCC(=O)N1CCC(C2OCCO2)CC1. The normalized spacial score (nSPS) is 19.6. The lowest BCUT2D eigenvalue weighted by molar-refractivity contribution is -0.138. The third-order valence-electron chi connectivity index (χ3n) is 5.15. The van der Waals surface area contributed by atoms with E-state index in [2.05, 4.69) is 26.0 Å². The molecule has 2 saturated heterocycles. The molecule has 3 rings (SSSR count). The Bertz CT molecular complexity index is 587. The van der Waals surface area contributed by atoms with Gasteiger partial charge in [0.05, 0.1) is 13.2 Å². The van der Waals surface area contributed by atoms with Gasteiger partial charge in [0.1, 0.15) is 5.75 Å². The Hall–Kier alpha value is -1.59. The molecule has 0 saturated carbocycles. The molecule has 2 fully saturated rings. The number of carbonyl (C=O) groups excluding carboxylic acids is 1. The second-order valence-corrected chi connectivity index (χ2v) is 7.30. The molecule has 138 valence electrons. The molecule has 5 nitrogen and oxygen atoms in total. The van der Waals surface area contributed by atoms with E-state index in [1.165, 1.54) is 5.56 Å². The Morgan fingerprint density at radius 2 is 1.92 bits per heavy atom. The van der Waals surface area contributed by atoms with Crippen molar-refractivity contribution in [2.24, 2.45) is 5.92 Å². The number of carbonyl (C=O) groups is 1. The summed E-state index contributed by atoms with van der Waals surface area (Å²) in [5.41, 5.74) is 2.29. The molecular weight excluding hydrogens is 318 g/mol. The first kappa shape index (κ1) is 18.2. The van der Waals surface area contributed by atoms with Crippen molar-refractivity contribution < 1.29 is 19.0 Å². The van der Waals surface area contributed by atoms with Crippen molar-refractivity contribution in [1.29, 1.82) is 0 Å². The average Bonchev–Trinajstić information content (AvgIpc) is 3.15. The summed E-state index contributed by atoms with van der Waals surface area (Å²) in [7, 11) is 0. The topological polar surface area (TPSA) is 48.0 Å². The summed E-state index contributed by atoms with van der Waals surface area (Å²) >= 11 is 0. The van der Waals surface area contributed by atoms with Gasteiger partial charge in [-0.25, -0.2) is 0 Å². The van der Waals surface area contributed by atoms with E-state index in [0.29, 0.717) is 25.0 Å². The molecule has 0 aromatic heterocycles. The molecule has 1 amide bonds. The van der Waals surface area contributed by atoms with E-state index in [-0.39, 0.29) is 18.8 Å². The van der Waals surface area contributed by atoms with Crippen molar-refractivity contribution in [2.75, 3.05) is 32.9 Å². The number of hydrogen-bond acceptors (Lipinski definition) is 4. The van der Waals surface area contributed by atoms with Crippen LogP contribution in [0.3, 0.4) is 0 Å². The smallest absolute Gasteiger partial charge is 0.260 e. The van der Waals surface area contributed by atoms with Gasteiger partial charge in [-0.05, 0) is 42.9 Å². The van der Waals surface area contributed by atoms with Crippen LogP contribution in [0.4, 0.5) is 0 Å². The first-order valence-electron chi connectivity index (χ1n) is 9.29. The maximum atomic E-state index is 12.5. The van der Waals surface area contributed by atoms with Crippen LogP contribution in [0.5, 0.6) is 5.75 Å². The number of rotatable bonds is 5. The molecule has 2 heterocycles. The van der Waals surface area contributed by atoms with Gasteiger partial charge in [-0.3, -0.25) is 4.79 Å². The van der Waals surface area contributed by atoms with E-state index >= 15 is 0 Å². The van der Waals surface area contributed by atoms with Crippen LogP contribution >= 0.6 is 0 Å². The average molecular weight is 347 g/mol. The van der Waals surface area contributed by atoms with Crippen LogP contribution in [0.25, 0.3) is 0 Å². The lowest BCUT2D eigenvalue weighted by Gasteiger charge is -2.33. The second kappa shape index (κ2) is 8.19. The van der Waals surface area contributed by atoms with Gasteiger partial charge in [-0.15, -0.1) is 0 Å². The number of amides is 1. The van der Waals surface area contributed by atoms with Gasteiger partial charge in [-0.2, -0.15) is 0 Å². The van der Waals surface area contributed by atoms with Crippen molar-refractivity contribution in [3.8, 4) is 5.75 Å². The van der Waals surface area contributed by atoms with Gasteiger partial charge in [0.25, 0.3) is 5.91 Å². The van der Waals surface area contributed by atoms with Crippen molar-refractivity contribution in [1.82, 2.24) is 4.90 Å². The van der Waals surface area contributed by atoms with Gasteiger partial charge < -0.3 is 19.1 Å². The van der Waals surface area contributed by atoms with Crippen LogP contribution in [0.1, 0.15) is 43.7 Å². The van der Waals surface area contributed by atoms with Gasteiger partial charge in [0.15, 0.2) is 12.9 Å². The first-order valence-corrected chi connectivity index (χ1v) is 9.29. The number of hydrogen-bond donors (Lipinski definition) is 0. The largest absolute Gasteiger partial charge is 0.483 e. The molecule has 1 aromatic carbocycles. The van der Waals surface area contributed by atoms with Crippen molar-refractivity contribution >= 4 is 5.91 Å². The highest BCUT2D eigenvalue weighted by molar-refractivity contribution is 5.77. The quantitative estimate of drug-likeness (QED) is 0.821. The minimum Gasteiger partial charge on any atom is -0.483 e. The van der Waals surface area contributed by atoms with E-state index in [9.17, 15) is 4.79 Å². The fourth-order valence-corrected chi connectivity index (χ4v) is 3.43. The van der Waals surface area contributed by atoms with E-state index < -0.39 is 0 Å². The van der Waals surface area contributed by atoms with E-state index in [4.69, 9.17) is 14.2 Å². The van der Waals surface area contributed by atoms with Crippen molar-refractivity contribution in [3.05, 3.63) is 29.3 Å². The highest BCUT2D eigenvalue weighted by Gasteiger charge is 2.31. The molecule has 0 aliphatic carbocycles. The molecule has 2 aliphatic rings. The minimum absolute atomic E-state index is 0.0565. The van der Waals surface area contributed by atoms with Crippen LogP contribution in [-0.2, 0) is 14.3 Å². The lowest BCUT2D eigenvalue weighted by atomic mass is 9.96. The number of benzene rings is 1. The van der Waals surface area contributed by atoms with Crippen molar-refractivity contribution in [3.63, 3.8) is 0 Å². The molecule has 0 N–H and O–H groups in total. The van der Waals surface area contributed by atoms with E-state index in [1.807, 2.05) is 17.9 Å². The third kappa shape index (κ3) is 4.53. The van der Waals surface area contributed by atoms with Gasteiger partial charge in [0, 0.05) is 19.0 Å². The molecule has 2 aliphatic heterocycles. The number of aryl methyl sites for hydroxylation is 1. The second-order valence-electron chi connectivity index (χ2n) is 7.30. The zero-order valence-electron chi connectivity index (χ0n) is 15.5. The third-order valence-corrected chi connectivity index (χ3v) is 5.15. The standard InChI is InChI=1S/C20H29NO4/c1-14(2)17-5-4-15(3)18(12-17)25-13-19(22)21-8-6-16(7-9-21)20-23-10-11-24-20/h4-5,12,14,16,20H,6-11,13H2,1-3H3. The van der Waals surface area contributed by atoms with Crippen molar-refractivity contribution in [2.45, 2.75) is 45.8 Å². The fourth-order valence-electron chi connectivity index (χ4n) is 3.43. The predicted molar refractivity (Wildman–Crippen MR) is 95.8 cm³/mol. The van der Waals surface area contributed by atoms with Gasteiger partial charge >= 0.3 is 0 Å². The number of likely N-dealkylation sites (tertiary alicyclic amines) is 1. The molecule has 0 atom stereocenters. The summed E-state index contributed by atoms with van der Waals surface area (Å²) in [6, 6.07) is 6.23. The number of ether oxygens (including phenoxy) is 3. The molecule has 1 aromatic rings. The zero-order chi connectivity index (χ0) is 17.8. The maximum Gasteiger partial charge on any atom is 0.260 e. The minimum atomic E-state index is -0.0741. The molecule has 0 bridgehead atoms. The fraction of sp³-hybridized carbons (Fsp3) is 0.650. The summed E-state index contributed by atoms with van der Waals surface area (Å²) in [5.74, 6) is 1.71. The van der Waals surface area contributed by atoms with Crippen LogP contribution < -0.4 is 4.74 Å². The molecule has 5 heteroatoms. The van der Waals surface area contributed by atoms with E-state index in [0.717, 1.165) is 37.2 Å². The highest BCUT2D eigenvalue weighted by atomic mass is 16.7. The van der Waals surface area contributed by atoms with Crippen LogP contribution in [0, 0.1) is 12.8 Å².